The van der Waals surface area contributed by atoms with Gasteiger partial charge in [-0.3, -0.25) is 4.79 Å². The van der Waals surface area contributed by atoms with Crippen LogP contribution in [0, 0.1) is 11.7 Å². The molecule has 0 aliphatic carbocycles. The highest BCUT2D eigenvalue weighted by Gasteiger charge is 2.19. The number of hydrogen-bond acceptors (Lipinski definition) is 4. The van der Waals surface area contributed by atoms with Gasteiger partial charge in [-0.05, 0) is 50.3 Å². The van der Waals surface area contributed by atoms with E-state index in [1.807, 2.05) is 14.1 Å². The third-order valence-corrected chi connectivity index (χ3v) is 4.64. The van der Waals surface area contributed by atoms with E-state index >= 15 is 0 Å². The number of nitrogens with one attached hydrogen (secondary N) is 1. The Kier molecular flexibility index (Phi) is 5.51. The molecule has 1 amide bonds. The molecule has 0 saturated heterocycles. The molecule has 1 N–H and O–H groups in total. The van der Waals surface area contributed by atoms with Crippen LogP contribution in [0.3, 0.4) is 0 Å². The van der Waals surface area contributed by atoms with Crippen molar-refractivity contribution in [2.45, 2.75) is 19.9 Å². The zero-order valence-corrected chi connectivity index (χ0v) is 16.0. The van der Waals surface area contributed by atoms with Crippen molar-refractivity contribution in [2.24, 2.45) is 5.92 Å². The molecule has 0 aliphatic heterocycles. The third-order valence-electron chi connectivity index (χ3n) is 4.64. The van der Waals surface area contributed by atoms with Gasteiger partial charge in [-0.25, -0.2) is 13.9 Å². The number of aromatic nitrogens is 3. The molecule has 0 bridgehead atoms. The largest absolute Gasteiger partial charge is 0.349 e. The summed E-state index contributed by atoms with van der Waals surface area (Å²) < 4.78 is 14.8. The number of likely N-dealkylation sites (N-methyl/N-ethyl adjacent to an activating group) is 1. The summed E-state index contributed by atoms with van der Waals surface area (Å²) in [6, 6.07) is 9.82. The molecule has 1 aromatic carbocycles. The van der Waals surface area contributed by atoms with Crippen molar-refractivity contribution in [2.75, 3.05) is 20.6 Å². The van der Waals surface area contributed by atoms with E-state index in [4.69, 9.17) is 0 Å². The maximum absolute atomic E-state index is 13.2. The van der Waals surface area contributed by atoms with Crippen molar-refractivity contribution < 1.29 is 9.18 Å². The van der Waals surface area contributed by atoms with Crippen LogP contribution in [0.15, 0.2) is 42.6 Å². The predicted octanol–water partition coefficient (Wildman–Crippen LogP) is 2.85. The Hall–Kier alpha value is -2.80. The van der Waals surface area contributed by atoms with Crippen LogP contribution in [0.2, 0.25) is 0 Å². The van der Waals surface area contributed by atoms with Crippen LogP contribution in [-0.4, -0.2) is 52.1 Å². The van der Waals surface area contributed by atoms with E-state index in [1.165, 1.54) is 12.1 Å². The summed E-state index contributed by atoms with van der Waals surface area (Å²) in [5.41, 5.74) is 2.41. The van der Waals surface area contributed by atoms with Crippen molar-refractivity contribution >= 4 is 11.6 Å². The second kappa shape index (κ2) is 7.84. The number of hydrogen-bond donors (Lipinski definition) is 1. The van der Waals surface area contributed by atoms with Crippen LogP contribution in [0.25, 0.3) is 16.9 Å². The summed E-state index contributed by atoms with van der Waals surface area (Å²) in [6.07, 6.45) is 1.65. The fraction of sp³-hybridized carbons (Fsp3) is 0.350. The van der Waals surface area contributed by atoms with Crippen molar-refractivity contribution in [3.63, 3.8) is 0 Å². The first kappa shape index (κ1) is 19.0. The van der Waals surface area contributed by atoms with Gasteiger partial charge in [0, 0.05) is 30.4 Å². The van der Waals surface area contributed by atoms with Gasteiger partial charge in [0.15, 0.2) is 11.3 Å². The number of fused-ring (bicyclic) bond motifs is 1. The molecule has 0 radical (unpaired) electrons. The normalized spacial score (nSPS) is 12.7. The van der Waals surface area contributed by atoms with Crippen LogP contribution in [0.4, 0.5) is 4.39 Å². The second-order valence-corrected chi connectivity index (χ2v) is 7.12. The van der Waals surface area contributed by atoms with E-state index in [0.717, 1.165) is 11.3 Å². The molecule has 1 atom stereocenters. The Morgan fingerprint density at radius 2 is 1.93 bits per heavy atom. The van der Waals surface area contributed by atoms with Gasteiger partial charge in [0.1, 0.15) is 5.82 Å². The number of carbonyl (C=O) groups is 1. The monoisotopic (exact) mass is 369 g/mol. The van der Waals surface area contributed by atoms with Gasteiger partial charge in [0.05, 0.1) is 5.69 Å². The highest BCUT2D eigenvalue weighted by Crippen LogP contribution is 2.20. The van der Waals surface area contributed by atoms with Crippen molar-refractivity contribution in [1.29, 1.82) is 0 Å². The maximum atomic E-state index is 13.2. The van der Waals surface area contributed by atoms with Gasteiger partial charge in [-0.15, -0.1) is 0 Å². The van der Waals surface area contributed by atoms with Crippen LogP contribution < -0.4 is 5.32 Å². The summed E-state index contributed by atoms with van der Waals surface area (Å²) in [6.45, 7) is 4.79. The maximum Gasteiger partial charge on any atom is 0.271 e. The molecule has 0 unspecified atom stereocenters. The molecular formula is C20H24FN5O. The Balaban J connectivity index is 1.85. The zero-order chi connectivity index (χ0) is 19.6. The van der Waals surface area contributed by atoms with E-state index in [2.05, 4.69) is 34.1 Å². The smallest absolute Gasteiger partial charge is 0.271 e. The fourth-order valence-corrected chi connectivity index (χ4v) is 3.15. The minimum atomic E-state index is -0.301. The molecule has 2 aromatic heterocycles. The Morgan fingerprint density at radius 3 is 2.56 bits per heavy atom. The molecule has 0 fully saturated rings. The predicted molar refractivity (Wildman–Crippen MR) is 103 cm³/mol. The summed E-state index contributed by atoms with van der Waals surface area (Å²) >= 11 is 0. The third kappa shape index (κ3) is 4.14. The van der Waals surface area contributed by atoms with Crippen LogP contribution in [-0.2, 0) is 0 Å². The lowest BCUT2D eigenvalue weighted by atomic mass is 10.0. The molecule has 3 aromatic rings. The quantitative estimate of drug-likeness (QED) is 0.726. The average Bonchev–Trinajstić information content (AvgIpc) is 3.06. The van der Waals surface area contributed by atoms with Crippen LogP contribution >= 0.6 is 0 Å². The van der Waals surface area contributed by atoms with Crippen molar-refractivity contribution in [1.82, 2.24) is 24.8 Å². The first-order valence-electron chi connectivity index (χ1n) is 8.92. The first-order chi connectivity index (χ1) is 12.9. The van der Waals surface area contributed by atoms with Crippen LogP contribution in [0.5, 0.6) is 0 Å². The minimum absolute atomic E-state index is 0.235. The molecule has 2 heterocycles. The molecule has 142 valence electrons. The number of amides is 1. The van der Waals surface area contributed by atoms with E-state index in [0.29, 0.717) is 23.8 Å². The molecule has 6 nitrogen and oxygen atoms in total. The van der Waals surface area contributed by atoms with E-state index < -0.39 is 0 Å². The highest BCUT2D eigenvalue weighted by molar-refractivity contribution is 5.93. The summed E-state index contributed by atoms with van der Waals surface area (Å²) in [7, 11) is 4.00. The van der Waals surface area contributed by atoms with Crippen LogP contribution in [0.1, 0.15) is 24.3 Å². The molecule has 7 heteroatoms. The van der Waals surface area contributed by atoms with Gasteiger partial charge in [-0.2, -0.15) is 5.10 Å². The first-order valence-corrected chi connectivity index (χ1v) is 8.92. The molecule has 3 rings (SSSR count). The fourth-order valence-electron chi connectivity index (χ4n) is 3.15. The van der Waals surface area contributed by atoms with Gasteiger partial charge in [0.2, 0.25) is 0 Å². The Morgan fingerprint density at radius 1 is 1.22 bits per heavy atom. The molecule has 0 aliphatic rings. The van der Waals surface area contributed by atoms with E-state index in [9.17, 15) is 9.18 Å². The lowest BCUT2D eigenvalue weighted by Crippen LogP contribution is -2.43. The average molecular weight is 369 g/mol. The topological polar surface area (TPSA) is 62.5 Å². The van der Waals surface area contributed by atoms with Crippen molar-refractivity contribution in [3.8, 4) is 11.3 Å². The van der Waals surface area contributed by atoms with E-state index in [1.54, 1.807) is 35.0 Å². The van der Waals surface area contributed by atoms with E-state index in [-0.39, 0.29) is 17.8 Å². The highest BCUT2D eigenvalue weighted by atomic mass is 19.1. The standard InChI is InChI=1S/C20H24FN5O/c1-13(2)18(25(3)4)12-23-20(27)16-11-19-22-10-9-17(26(19)24-16)14-5-7-15(21)8-6-14/h5-11,13,18H,12H2,1-4H3,(H,23,27)/t18-/m0/s1. The Labute approximate surface area is 158 Å². The number of carbonyl (C=O) groups excluding carboxylic acids is 1. The minimum Gasteiger partial charge on any atom is -0.349 e. The molecule has 0 saturated carbocycles. The number of rotatable bonds is 6. The zero-order valence-electron chi connectivity index (χ0n) is 16.0. The molecule has 27 heavy (non-hydrogen) atoms. The molecule has 0 spiro atoms. The SMILES string of the molecule is CC(C)[C@H](CNC(=O)c1cc2nccc(-c3ccc(F)cc3)n2n1)N(C)C. The number of benzene rings is 1. The molecular weight excluding hydrogens is 345 g/mol. The summed E-state index contributed by atoms with van der Waals surface area (Å²) in [5, 5.41) is 7.37. The van der Waals surface area contributed by atoms with Crippen molar-refractivity contribution in [3.05, 3.63) is 54.1 Å². The van der Waals surface area contributed by atoms with Gasteiger partial charge in [-0.1, -0.05) is 13.8 Å². The van der Waals surface area contributed by atoms with Gasteiger partial charge >= 0.3 is 0 Å². The number of halogens is 1. The van der Waals surface area contributed by atoms with Gasteiger partial charge < -0.3 is 10.2 Å². The Bertz CT molecular complexity index is 925. The lowest BCUT2D eigenvalue weighted by Gasteiger charge is -2.27. The summed E-state index contributed by atoms with van der Waals surface area (Å²) in [5.74, 6) is -0.128. The summed E-state index contributed by atoms with van der Waals surface area (Å²) in [4.78, 5) is 19.0. The van der Waals surface area contributed by atoms with Gasteiger partial charge in [0.25, 0.3) is 5.91 Å². The number of nitrogens with zero attached hydrogens (tertiary/aromatic N) is 4. The second-order valence-electron chi connectivity index (χ2n) is 7.12. The lowest BCUT2D eigenvalue weighted by molar-refractivity contribution is 0.0929.